The van der Waals surface area contributed by atoms with E-state index < -0.39 is 5.60 Å². The average molecular weight is 244 g/mol. The molecule has 1 aliphatic rings. The van der Waals surface area contributed by atoms with Gasteiger partial charge in [-0.2, -0.15) is 0 Å². The molecule has 1 amide bonds. The zero-order chi connectivity index (χ0) is 12.9. The van der Waals surface area contributed by atoms with E-state index in [1.807, 2.05) is 6.92 Å². The second-order valence-corrected chi connectivity index (χ2v) is 4.90. The van der Waals surface area contributed by atoms with Crippen molar-refractivity contribution in [3.05, 3.63) is 0 Å². The van der Waals surface area contributed by atoms with Crippen molar-refractivity contribution >= 4 is 5.91 Å². The highest BCUT2D eigenvalue weighted by molar-refractivity contribution is 5.84. The molecule has 1 aliphatic heterocycles. The maximum Gasteiger partial charge on any atom is 0.253 e. The van der Waals surface area contributed by atoms with Crippen LogP contribution in [-0.2, 0) is 9.53 Å². The van der Waals surface area contributed by atoms with Crippen LogP contribution in [-0.4, -0.2) is 72.4 Å². The average Bonchev–Trinajstić information content (AvgIpc) is 2.30. The fraction of sp³-hybridized carbons (Fsp3) is 0.917. The van der Waals surface area contributed by atoms with Gasteiger partial charge in [0.25, 0.3) is 5.91 Å². The van der Waals surface area contributed by atoms with E-state index in [-0.39, 0.29) is 5.91 Å². The summed E-state index contributed by atoms with van der Waals surface area (Å²) in [5.41, 5.74) is -1.28. The zero-order valence-electron chi connectivity index (χ0n) is 11.1. The molecule has 1 heterocycles. The molecule has 0 saturated carbocycles. The Hall–Kier alpha value is -0.650. The lowest BCUT2D eigenvalue weighted by Gasteiger charge is -2.32. The molecule has 0 aromatic carbocycles. The number of hydrogen-bond acceptors (Lipinski definition) is 4. The van der Waals surface area contributed by atoms with E-state index in [0.717, 1.165) is 32.8 Å². The van der Waals surface area contributed by atoms with Crippen molar-refractivity contribution in [3.8, 4) is 0 Å². The Morgan fingerprint density at radius 2 is 2.00 bits per heavy atom. The number of likely N-dealkylation sites (N-methyl/N-ethyl adjacent to an activating group) is 1. The first-order valence-corrected chi connectivity index (χ1v) is 6.27. The largest absolute Gasteiger partial charge is 0.381 e. The van der Waals surface area contributed by atoms with Gasteiger partial charge >= 0.3 is 0 Å². The lowest BCUT2D eigenvalue weighted by molar-refractivity contribution is -0.148. The quantitative estimate of drug-likeness (QED) is 0.736. The summed E-state index contributed by atoms with van der Waals surface area (Å²) >= 11 is 0. The van der Waals surface area contributed by atoms with Crippen molar-refractivity contribution < 1.29 is 14.6 Å². The number of hydrogen-bond donors (Lipinski definition) is 1. The molecule has 0 spiro atoms. The van der Waals surface area contributed by atoms with Crippen LogP contribution < -0.4 is 0 Å². The first-order valence-electron chi connectivity index (χ1n) is 6.27. The van der Waals surface area contributed by atoms with Gasteiger partial charge in [0.2, 0.25) is 0 Å². The van der Waals surface area contributed by atoms with Crippen molar-refractivity contribution in [1.82, 2.24) is 9.80 Å². The molecule has 1 rings (SSSR count). The van der Waals surface area contributed by atoms with Gasteiger partial charge in [-0.3, -0.25) is 9.69 Å². The summed E-state index contributed by atoms with van der Waals surface area (Å²) in [6.45, 7) is 10.5. The molecule has 0 aromatic rings. The molecule has 1 fully saturated rings. The monoisotopic (exact) mass is 244 g/mol. The molecule has 0 aliphatic carbocycles. The molecule has 0 aromatic heterocycles. The Bertz CT molecular complexity index is 245. The Morgan fingerprint density at radius 3 is 2.47 bits per heavy atom. The van der Waals surface area contributed by atoms with Crippen LogP contribution in [0.2, 0.25) is 0 Å². The summed E-state index contributed by atoms with van der Waals surface area (Å²) in [5.74, 6) is -0.201. The molecule has 5 nitrogen and oxygen atoms in total. The highest BCUT2D eigenvalue weighted by Crippen LogP contribution is 2.07. The molecule has 100 valence electrons. The minimum atomic E-state index is -1.28. The molecule has 17 heavy (non-hydrogen) atoms. The van der Waals surface area contributed by atoms with Crippen LogP contribution in [0.1, 0.15) is 20.8 Å². The topological polar surface area (TPSA) is 53.0 Å². The van der Waals surface area contributed by atoms with E-state index in [2.05, 4.69) is 4.90 Å². The van der Waals surface area contributed by atoms with Gasteiger partial charge < -0.3 is 14.7 Å². The van der Waals surface area contributed by atoms with Crippen LogP contribution in [0.3, 0.4) is 0 Å². The summed E-state index contributed by atoms with van der Waals surface area (Å²) in [4.78, 5) is 15.9. The molecule has 0 radical (unpaired) electrons. The maximum absolute atomic E-state index is 11.9. The van der Waals surface area contributed by atoms with E-state index >= 15 is 0 Å². The van der Waals surface area contributed by atoms with E-state index in [0.29, 0.717) is 13.1 Å². The second-order valence-electron chi connectivity index (χ2n) is 4.90. The predicted octanol–water partition coefficient (Wildman–Crippen LogP) is -0.0620. The first kappa shape index (κ1) is 14.4. The van der Waals surface area contributed by atoms with E-state index in [1.54, 1.807) is 4.90 Å². The van der Waals surface area contributed by atoms with Gasteiger partial charge in [0.05, 0.1) is 13.2 Å². The number of morpholine rings is 1. The number of carbonyl (C=O) groups is 1. The highest BCUT2D eigenvalue weighted by Gasteiger charge is 2.28. The van der Waals surface area contributed by atoms with Crippen LogP contribution in [0.15, 0.2) is 0 Å². The summed E-state index contributed by atoms with van der Waals surface area (Å²) < 4.78 is 5.27. The highest BCUT2D eigenvalue weighted by atomic mass is 16.5. The molecular weight excluding hydrogens is 220 g/mol. The molecule has 1 saturated heterocycles. The molecule has 1 N–H and O–H groups in total. The number of carbonyl (C=O) groups excluding carboxylic acids is 1. The molecule has 0 bridgehead atoms. The SMILES string of the molecule is CCN(CCN1CCOCC1)C(=O)C(C)(C)O. The van der Waals surface area contributed by atoms with Crippen LogP contribution in [0, 0.1) is 0 Å². The molecule has 5 heteroatoms. The maximum atomic E-state index is 11.9. The van der Waals surface area contributed by atoms with Crippen molar-refractivity contribution in [3.63, 3.8) is 0 Å². The normalized spacial score (nSPS) is 18.1. The fourth-order valence-corrected chi connectivity index (χ4v) is 1.88. The summed E-state index contributed by atoms with van der Waals surface area (Å²) in [7, 11) is 0. The van der Waals surface area contributed by atoms with Crippen molar-refractivity contribution in [2.24, 2.45) is 0 Å². The van der Waals surface area contributed by atoms with Gasteiger partial charge in [-0.05, 0) is 20.8 Å². The van der Waals surface area contributed by atoms with Gasteiger partial charge in [-0.25, -0.2) is 0 Å². The number of rotatable bonds is 5. The number of aliphatic hydroxyl groups is 1. The fourth-order valence-electron chi connectivity index (χ4n) is 1.88. The van der Waals surface area contributed by atoms with Crippen molar-refractivity contribution in [2.45, 2.75) is 26.4 Å². The number of amides is 1. The van der Waals surface area contributed by atoms with Crippen molar-refractivity contribution in [1.29, 1.82) is 0 Å². The van der Waals surface area contributed by atoms with Gasteiger partial charge in [0.1, 0.15) is 5.60 Å². The third-order valence-electron chi connectivity index (χ3n) is 2.98. The molecule has 0 unspecified atom stereocenters. The van der Waals surface area contributed by atoms with Gasteiger partial charge in [0.15, 0.2) is 0 Å². The standard InChI is InChI=1S/C12H24N2O3/c1-4-14(11(15)12(2,3)16)6-5-13-7-9-17-10-8-13/h16H,4-10H2,1-3H3. The first-order chi connectivity index (χ1) is 7.95. The van der Waals surface area contributed by atoms with Crippen LogP contribution in [0.4, 0.5) is 0 Å². The van der Waals surface area contributed by atoms with Crippen LogP contribution in [0.25, 0.3) is 0 Å². The van der Waals surface area contributed by atoms with E-state index in [9.17, 15) is 9.90 Å². The van der Waals surface area contributed by atoms with Gasteiger partial charge in [0, 0.05) is 32.7 Å². The van der Waals surface area contributed by atoms with Crippen molar-refractivity contribution in [2.75, 3.05) is 45.9 Å². The van der Waals surface area contributed by atoms with Crippen LogP contribution >= 0.6 is 0 Å². The Morgan fingerprint density at radius 1 is 1.41 bits per heavy atom. The van der Waals surface area contributed by atoms with Gasteiger partial charge in [-0.1, -0.05) is 0 Å². The third-order valence-corrected chi connectivity index (χ3v) is 2.98. The predicted molar refractivity (Wildman–Crippen MR) is 65.8 cm³/mol. The molecule has 0 atom stereocenters. The van der Waals surface area contributed by atoms with E-state index in [1.165, 1.54) is 13.8 Å². The smallest absolute Gasteiger partial charge is 0.253 e. The van der Waals surface area contributed by atoms with Crippen LogP contribution in [0.5, 0.6) is 0 Å². The molecular formula is C12H24N2O3. The summed E-state index contributed by atoms with van der Waals surface area (Å²) in [6.07, 6.45) is 0. The zero-order valence-corrected chi connectivity index (χ0v) is 11.1. The second kappa shape index (κ2) is 6.33. The van der Waals surface area contributed by atoms with Gasteiger partial charge in [-0.15, -0.1) is 0 Å². The minimum absolute atomic E-state index is 0.201. The Labute approximate surface area is 103 Å². The van der Waals surface area contributed by atoms with E-state index in [4.69, 9.17) is 4.74 Å². The lowest BCUT2D eigenvalue weighted by Crippen LogP contribution is -2.48. The number of ether oxygens (including phenoxy) is 1. The minimum Gasteiger partial charge on any atom is -0.381 e. The number of nitrogens with zero attached hydrogens (tertiary/aromatic N) is 2. The lowest BCUT2D eigenvalue weighted by atomic mass is 10.1. The summed E-state index contributed by atoms with van der Waals surface area (Å²) in [6, 6.07) is 0. The Kier molecular flexibility index (Phi) is 5.36. The summed E-state index contributed by atoms with van der Waals surface area (Å²) in [5, 5.41) is 9.70. The Balaban J connectivity index is 2.38. The third kappa shape index (κ3) is 4.61.